The number of benzene rings is 1. The van der Waals surface area contributed by atoms with Gasteiger partial charge in [0.25, 0.3) is 5.91 Å². The Morgan fingerprint density at radius 1 is 1.00 bits per heavy atom. The third kappa shape index (κ3) is 3.61. The molecule has 2 aliphatic heterocycles. The Morgan fingerprint density at radius 2 is 1.83 bits per heavy atom. The molecule has 0 bridgehead atoms. The summed E-state index contributed by atoms with van der Waals surface area (Å²) in [7, 11) is 0. The van der Waals surface area contributed by atoms with Crippen molar-refractivity contribution in [2.75, 3.05) is 39.3 Å². The molecule has 6 heteroatoms. The standard InChI is InChI=1S/C23H25N5O/c29-23(28-12-8-17(16-28)27-13-10-24-11-14-27)19-15-22(21-7-3-4-9-25-21)26-20-6-2-1-5-18(19)20/h1-7,9,15,17,24H,8,10-14,16H2. The van der Waals surface area contributed by atoms with Crippen LogP contribution in [0, 0.1) is 0 Å². The number of hydrogen-bond donors (Lipinski definition) is 1. The summed E-state index contributed by atoms with van der Waals surface area (Å²) in [6.45, 7) is 5.81. The summed E-state index contributed by atoms with van der Waals surface area (Å²) in [5.41, 5.74) is 3.08. The van der Waals surface area contributed by atoms with Crippen LogP contribution in [0.4, 0.5) is 0 Å². The fourth-order valence-electron chi connectivity index (χ4n) is 4.44. The van der Waals surface area contributed by atoms with Crippen LogP contribution in [0.15, 0.2) is 54.7 Å². The monoisotopic (exact) mass is 387 g/mol. The highest BCUT2D eigenvalue weighted by Gasteiger charge is 2.32. The maximum Gasteiger partial charge on any atom is 0.254 e. The van der Waals surface area contributed by atoms with Crippen LogP contribution in [-0.4, -0.2) is 71.0 Å². The number of nitrogens with zero attached hydrogens (tertiary/aromatic N) is 4. The van der Waals surface area contributed by atoms with E-state index in [-0.39, 0.29) is 5.91 Å². The number of hydrogen-bond acceptors (Lipinski definition) is 5. The number of aromatic nitrogens is 2. The van der Waals surface area contributed by atoms with E-state index in [0.29, 0.717) is 6.04 Å². The number of nitrogens with one attached hydrogen (secondary N) is 1. The van der Waals surface area contributed by atoms with Crippen LogP contribution in [0.5, 0.6) is 0 Å². The van der Waals surface area contributed by atoms with E-state index >= 15 is 0 Å². The number of carbonyl (C=O) groups excluding carboxylic acids is 1. The first kappa shape index (κ1) is 18.2. The number of fused-ring (bicyclic) bond motifs is 1. The van der Waals surface area contributed by atoms with Crippen molar-refractivity contribution in [3.05, 3.63) is 60.3 Å². The normalized spacial score (nSPS) is 20.3. The van der Waals surface area contributed by atoms with Gasteiger partial charge in [-0.05, 0) is 30.7 Å². The molecule has 5 rings (SSSR count). The predicted octanol–water partition coefficient (Wildman–Crippen LogP) is 2.42. The zero-order valence-electron chi connectivity index (χ0n) is 16.4. The molecule has 0 aliphatic carbocycles. The van der Waals surface area contributed by atoms with Crippen LogP contribution in [0.3, 0.4) is 0 Å². The Hall–Kier alpha value is -2.83. The molecule has 1 amide bonds. The maximum absolute atomic E-state index is 13.5. The SMILES string of the molecule is O=C(c1cc(-c2ccccn2)nc2ccccc12)N1CCC(N2CCNCC2)C1. The van der Waals surface area contributed by atoms with Crippen molar-refractivity contribution in [3.8, 4) is 11.4 Å². The molecule has 4 heterocycles. The van der Waals surface area contributed by atoms with Gasteiger partial charge in [0.1, 0.15) is 0 Å². The smallest absolute Gasteiger partial charge is 0.254 e. The Bertz CT molecular complexity index is 1020. The number of carbonyl (C=O) groups is 1. The molecule has 2 aromatic heterocycles. The molecule has 2 fully saturated rings. The number of amides is 1. The van der Waals surface area contributed by atoms with E-state index in [1.807, 2.05) is 53.4 Å². The highest BCUT2D eigenvalue weighted by atomic mass is 16.2. The second-order valence-corrected chi connectivity index (χ2v) is 7.77. The van der Waals surface area contributed by atoms with Gasteiger partial charge >= 0.3 is 0 Å². The molecule has 1 aromatic carbocycles. The van der Waals surface area contributed by atoms with Gasteiger partial charge in [-0.3, -0.25) is 14.7 Å². The quantitative estimate of drug-likeness (QED) is 0.748. The van der Waals surface area contributed by atoms with Crippen LogP contribution in [0.1, 0.15) is 16.8 Å². The third-order valence-corrected chi connectivity index (χ3v) is 5.99. The maximum atomic E-state index is 13.5. The van der Waals surface area contributed by atoms with Crippen molar-refractivity contribution in [1.82, 2.24) is 25.1 Å². The van der Waals surface area contributed by atoms with Gasteiger partial charge in [-0.1, -0.05) is 24.3 Å². The van der Waals surface area contributed by atoms with Crippen molar-refractivity contribution < 1.29 is 4.79 Å². The summed E-state index contributed by atoms with van der Waals surface area (Å²) in [5, 5.41) is 4.31. The molecular formula is C23H25N5O. The number of rotatable bonds is 3. The van der Waals surface area contributed by atoms with E-state index in [0.717, 1.165) is 73.5 Å². The highest BCUT2D eigenvalue weighted by molar-refractivity contribution is 6.07. The van der Waals surface area contributed by atoms with Gasteiger partial charge in [-0.2, -0.15) is 0 Å². The van der Waals surface area contributed by atoms with Gasteiger partial charge in [0.15, 0.2) is 0 Å². The molecule has 2 saturated heterocycles. The van der Waals surface area contributed by atoms with Crippen molar-refractivity contribution in [3.63, 3.8) is 0 Å². The molecule has 1 atom stereocenters. The molecule has 0 saturated carbocycles. The first-order valence-electron chi connectivity index (χ1n) is 10.3. The van der Waals surface area contributed by atoms with Crippen molar-refractivity contribution in [1.29, 1.82) is 0 Å². The molecule has 0 spiro atoms. The van der Waals surface area contributed by atoms with E-state index in [1.165, 1.54) is 0 Å². The summed E-state index contributed by atoms with van der Waals surface area (Å²) in [4.78, 5) is 27.2. The van der Waals surface area contributed by atoms with Crippen LogP contribution in [0.25, 0.3) is 22.3 Å². The van der Waals surface area contributed by atoms with Gasteiger partial charge in [-0.25, -0.2) is 4.98 Å². The van der Waals surface area contributed by atoms with Crippen molar-refractivity contribution in [2.24, 2.45) is 0 Å². The van der Waals surface area contributed by atoms with Gasteiger partial charge < -0.3 is 10.2 Å². The van der Waals surface area contributed by atoms with E-state index in [9.17, 15) is 4.79 Å². The molecule has 1 unspecified atom stereocenters. The van der Waals surface area contributed by atoms with Crippen LogP contribution in [-0.2, 0) is 0 Å². The third-order valence-electron chi connectivity index (χ3n) is 5.99. The highest BCUT2D eigenvalue weighted by Crippen LogP contribution is 2.26. The van der Waals surface area contributed by atoms with Gasteiger partial charge in [0, 0.05) is 56.9 Å². The van der Waals surface area contributed by atoms with Crippen LogP contribution < -0.4 is 5.32 Å². The average Bonchev–Trinajstić information content (AvgIpc) is 3.29. The predicted molar refractivity (Wildman–Crippen MR) is 114 cm³/mol. The molecule has 3 aromatic rings. The van der Waals surface area contributed by atoms with Crippen LogP contribution >= 0.6 is 0 Å². The van der Waals surface area contributed by atoms with E-state index in [4.69, 9.17) is 4.98 Å². The minimum Gasteiger partial charge on any atom is -0.337 e. The summed E-state index contributed by atoms with van der Waals surface area (Å²) in [6, 6.07) is 16.0. The lowest BCUT2D eigenvalue weighted by Crippen LogP contribution is -2.49. The second-order valence-electron chi connectivity index (χ2n) is 7.77. The zero-order valence-corrected chi connectivity index (χ0v) is 16.4. The lowest BCUT2D eigenvalue weighted by molar-refractivity contribution is 0.0775. The minimum absolute atomic E-state index is 0.0958. The van der Waals surface area contributed by atoms with Crippen molar-refractivity contribution >= 4 is 16.8 Å². The first-order chi connectivity index (χ1) is 14.3. The number of likely N-dealkylation sites (tertiary alicyclic amines) is 1. The molecule has 148 valence electrons. The summed E-state index contributed by atoms with van der Waals surface area (Å²) >= 11 is 0. The Balaban J connectivity index is 1.47. The Morgan fingerprint density at radius 3 is 2.66 bits per heavy atom. The summed E-state index contributed by atoms with van der Waals surface area (Å²) < 4.78 is 0. The Labute approximate surface area is 170 Å². The first-order valence-corrected chi connectivity index (χ1v) is 10.3. The molecule has 29 heavy (non-hydrogen) atoms. The Kier molecular flexibility index (Phi) is 4.96. The fraction of sp³-hybridized carbons (Fsp3) is 0.348. The van der Waals surface area contributed by atoms with E-state index in [2.05, 4.69) is 15.2 Å². The van der Waals surface area contributed by atoms with Gasteiger partial charge in [-0.15, -0.1) is 0 Å². The topological polar surface area (TPSA) is 61.4 Å². The lowest BCUT2D eigenvalue weighted by Gasteiger charge is -2.32. The average molecular weight is 387 g/mol. The summed E-state index contributed by atoms with van der Waals surface area (Å²) in [6.07, 6.45) is 2.80. The van der Waals surface area contributed by atoms with E-state index < -0.39 is 0 Å². The number of para-hydroxylation sites is 1. The second kappa shape index (κ2) is 7.89. The summed E-state index contributed by atoms with van der Waals surface area (Å²) in [5.74, 6) is 0.0958. The van der Waals surface area contributed by atoms with Crippen LogP contribution in [0.2, 0.25) is 0 Å². The minimum atomic E-state index is 0.0958. The largest absolute Gasteiger partial charge is 0.337 e. The number of piperazine rings is 1. The van der Waals surface area contributed by atoms with Crippen molar-refractivity contribution in [2.45, 2.75) is 12.5 Å². The number of pyridine rings is 2. The van der Waals surface area contributed by atoms with E-state index in [1.54, 1.807) is 6.20 Å². The molecular weight excluding hydrogens is 362 g/mol. The molecule has 6 nitrogen and oxygen atoms in total. The lowest BCUT2D eigenvalue weighted by atomic mass is 10.0. The molecule has 0 radical (unpaired) electrons. The molecule has 2 aliphatic rings. The fourth-order valence-corrected chi connectivity index (χ4v) is 4.44. The van der Waals surface area contributed by atoms with Gasteiger partial charge in [0.05, 0.1) is 22.5 Å². The van der Waals surface area contributed by atoms with Gasteiger partial charge in [0.2, 0.25) is 0 Å². The zero-order chi connectivity index (χ0) is 19.6. The molecule has 1 N–H and O–H groups in total.